The first kappa shape index (κ1) is 54.1. The zero-order valence-corrected chi connectivity index (χ0v) is 26.2. The Bertz CT molecular complexity index is 1460. The molecule has 0 saturated carbocycles. The van der Waals surface area contributed by atoms with Gasteiger partial charge in [-0.2, -0.15) is 145 Å². The Kier molecular flexibility index (Phi) is 13.4. The number of alkyl halides is 33. The SMILES string of the molecule is FC(F)(F)C(F)(F)C(F)(F)C(F)(F)C(F)(F)COc1nc(OCC(F)(F)C(F)(F)C(F)(F)C(F)(F)C(F)(F)F)nc(OCC(F)(F)C(F)(F)C(F)(F)C(F)(F)C(F)(F)F)n1. The highest BCUT2D eigenvalue weighted by Crippen LogP contribution is 2.60. The van der Waals surface area contributed by atoms with Crippen molar-refractivity contribution in [2.24, 2.45) is 0 Å². The highest BCUT2D eigenvalue weighted by atomic mass is 19.5. The largest absolute Gasteiger partial charge is 0.460 e. The lowest BCUT2D eigenvalue weighted by atomic mass is 9.98. The Morgan fingerprint density at radius 2 is 0.383 bits per heavy atom. The molecule has 0 spiro atoms. The maximum Gasteiger partial charge on any atom is 0.460 e. The fourth-order valence-electron chi connectivity index (χ4n) is 3.07. The van der Waals surface area contributed by atoms with Crippen molar-refractivity contribution in [2.45, 2.75) is 89.6 Å². The molecule has 0 radical (unpaired) electrons. The molecule has 0 aliphatic heterocycles. The number of hydrogen-bond acceptors (Lipinski definition) is 6. The zero-order chi connectivity index (χ0) is 48.6. The van der Waals surface area contributed by atoms with Crippen LogP contribution < -0.4 is 14.2 Å². The van der Waals surface area contributed by atoms with Crippen molar-refractivity contribution in [3.63, 3.8) is 0 Å². The van der Waals surface area contributed by atoms with Crippen LogP contribution in [-0.2, 0) is 0 Å². The average Bonchev–Trinajstić information content (AvgIpc) is 3.03. The molecule has 1 rings (SSSR count). The second-order valence-electron chi connectivity index (χ2n) is 10.8. The molecule has 1 heterocycles. The summed E-state index contributed by atoms with van der Waals surface area (Å²) in [5.74, 6) is -95.2. The van der Waals surface area contributed by atoms with Crippen molar-refractivity contribution < 1.29 is 159 Å². The van der Waals surface area contributed by atoms with E-state index < -0.39 is 127 Å². The molecule has 0 atom stereocenters. The fraction of sp³-hybridized carbons (Fsp3) is 0.857. The van der Waals surface area contributed by atoms with Crippen molar-refractivity contribution >= 4 is 0 Å². The van der Waals surface area contributed by atoms with Gasteiger partial charge in [0.25, 0.3) is 0 Å². The highest BCUT2D eigenvalue weighted by Gasteiger charge is 2.89. The van der Waals surface area contributed by atoms with Crippen molar-refractivity contribution in [3.05, 3.63) is 0 Å². The molecule has 0 aliphatic rings. The molecule has 39 heteroatoms. The highest BCUT2D eigenvalue weighted by molar-refractivity contribution is 5.13. The maximum absolute atomic E-state index is 14.0. The topological polar surface area (TPSA) is 66.4 Å². The molecule has 1 aromatic rings. The molecule has 0 unspecified atom stereocenters. The molecule has 0 fully saturated rings. The molecule has 1 aromatic heterocycles. The van der Waals surface area contributed by atoms with Crippen molar-refractivity contribution in [1.82, 2.24) is 15.0 Å². The van der Waals surface area contributed by atoms with Gasteiger partial charge in [-0.25, -0.2) is 0 Å². The summed E-state index contributed by atoms with van der Waals surface area (Å²) in [5, 5.41) is 0. The maximum atomic E-state index is 14.0. The third-order valence-electron chi connectivity index (χ3n) is 6.53. The summed E-state index contributed by atoms with van der Waals surface area (Å²) in [6, 6.07) is -8.82. The van der Waals surface area contributed by atoms with Gasteiger partial charge in [0.15, 0.2) is 19.8 Å². The molecule has 0 aliphatic carbocycles. The van der Waals surface area contributed by atoms with Crippen LogP contribution in [0.1, 0.15) is 0 Å². The summed E-state index contributed by atoms with van der Waals surface area (Å²) in [4.78, 5) is 5.94. The van der Waals surface area contributed by atoms with Gasteiger partial charge < -0.3 is 14.2 Å². The van der Waals surface area contributed by atoms with E-state index in [9.17, 15) is 145 Å². The number of rotatable bonds is 18. The van der Waals surface area contributed by atoms with Crippen molar-refractivity contribution in [3.8, 4) is 18.0 Å². The minimum absolute atomic E-state index is 1.98. The Hall–Kier alpha value is -3.90. The minimum atomic E-state index is -8.28. The lowest BCUT2D eigenvalue weighted by Crippen LogP contribution is -2.67. The molecule has 0 bridgehead atoms. The van der Waals surface area contributed by atoms with Gasteiger partial charge in [0.2, 0.25) is 0 Å². The third-order valence-corrected chi connectivity index (χ3v) is 6.53. The predicted molar refractivity (Wildman–Crippen MR) is 114 cm³/mol. The van der Waals surface area contributed by atoms with Crippen molar-refractivity contribution in [2.75, 3.05) is 19.8 Å². The smallest absolute Gasteiger partial charge is 0.457 e. The van der Waals surface area contributed by atoms with E-state index in [0.717, 1.165) is 0 Å². The van der Waals surface area contributed by atoms with Crippen LogP contribution in [-0.4, -0.2) is 124 Å². The Morgan fingerprint density at radius 1 is 0.233 bits per heavy atom. The van der Waals surface area contributed by atoms with Crippen LogP contribution in [0.5, 0.6) is 18.0 Å². The standard InChI is InChI=1S/C21H6F33N3O3/c22-7(23,10(28,29)13(34,35)16(40,41)19(46,47)48)1-58-4-55-5(59-2-8(24,25)11(30,31)14(36,37)17(42,43)20(49,50)51)57-6(56-4)60-3-9(26,27)12(32,33)15(38,39)18(44,45)21(52,53)54/h1-3H2. The average molecular weight is 975 g/mol. The van der Waals surface area contributed by atoms with Crippen LogP contribution in [0.4, 0.5) is 145 Å². The minimum Gasteiger partial charge on any atom is -0.457 e. The number of hydrogen-bond donors (Lipinski definition) is 0. The summed E-state index contributed by atoms with van der Waals surface area (Å²) in [6.45, 7) is -11.9. The molecule has 0 amide bonds. The Labute approximate surface area is 302 Å². The van der Waals surface area contributed by atoms with Crippen LogP contribution in [0, 0.1) is 0 Å². The Morgan fingerprint density at radius 3 is 0.517 bits per heavy atom. The van der Waals surface area contributed by atoms with Gasteiger partial charge >= 0.3 is 108 Å². The summed E-state index contributed by atoms with van der Waals surface area (Å²) < 4.78 is 445. The van der Waals surface area contributed by atoms with Gasteiger partial charge in [0.1, 0.15) is 0 Å². The van der Waals surface area contributed by atoms with Crippen LogP contribution in [0.2, 0.25) is 0 Å². The Balaban J connectivity index is 3.83. The second kappa shape index (κ2) is 14.9. The van der Waals surface area contributed by atoms with Gasteiger partial charge in [0.05, 0.1) is 0 Å². The monoisotopic (exact) mass is 975 g/mol. The van der Waals surface area contributed by atoms with Crippen LogP contribution >= 0.6 is 0 Å². The lowest BCUT2D eigenvalue weighted by molar-refractivity contribution is -0.423. The number of ether oxygens (including phenoxy) is 3. The summed E-state index contributed by atoms with van der Waals surface area (Å²) >= 11 is 0. The van der Waals surface area contributed by atoms with Crippen LogP contribution in [0.25, 0.3) is 0 Å². The second-order valence-corrected chi connectivity index (χ2v) is 10.8. The number of aromatic nitrogens is 3. The van der Waals surface area contributed by atoms with E-state index in [1.54, 1.807) is 0 Å². The predicted octanol–water partition coefficient (Wildman–Crippen LogP) is 10.3. The van der Waals surface area contributed by atoms with Gasteiger partial charge in [-0.3, -0.25) is 0 Å². The number of halogens is 33. The molecule has 354 valence electrons. The molecule has 60 heavy (non-hydrogen) atoms. The van der Waals surface area contributed by atoms with Gasteiger partial charge in [-0.05, 0) is 0 Å². The van der Waals surface area contributed by atoms with E-state index in [1.807, 2.05) is 15.0 Å². The van der Waals surface area contributed by atoms with Crippen LogP contribution in [0.3, 0.4) is 0 Å². The van der Waals surface area contributed by atoms with Gasteiger partial charge in [-0.15, -0.1) is 15.0 Å². The van der Waals surface area contributed by atoms with Gasteiger partial charge in [-0.1, -0.05) is 0 Å². The normalized spacial score (nSPS) is 15.9. The van der Waals surface area contributed by atoms with E-state index in [4.69, 9.17) is 0 Å². The molecular weight excluding hydrogens is 969 g/mol. The quantitative estimate of drug-likeness (QED) is 0.137. The molecule has 6 nitrogen and oxygen atoms in total. The van der Waals surface area contributed by atoms with E-state index in [2.05, 4.69) is 14.2 Å². The molecule has 0 N–H and O–H groups in total. The molecule has 0 saturated heterocycles. The fourth-order valence-corrected chi connectivity index (χ4v) is 3.07. The van der Waals surface area contributed by atoms with E-state index in [-0.39, 0.29) is 0 Å². The molecular formula is C21H6F33N3O3. The van der Waals surface area contributed by atoms with E-state index in [1.165, 1.54) is 0 Å². The van der Waals surface area contributed by atoms with E-state index in [0.29, 0.717) is 0 Å². The molecule has 0 aromatic carbocycles. The lowest BCUT2D eigenvalue weighted by Gasteiger charge is -2.37. The van der Waals surface area contributed by atoms with Crippen LogP contribution in [0.15, 0.2) is 0 Å². The first-order valence-corrected chi connectivity index (χ1v) is 13.1. The zero-order valence-electron chi connectivity index (χ0n) is 26.2. The summed E-state index contributed by atoms with van der Waals surface area (Å²) in [5.41, 5.74) is 0. The van der Waals surface area contributed by atoms with E-state index >= 15 is 0 Å². The van der Waals surface area contributed by atoms with Crippen molar-refractivity contribution in [1.29, 1.82) is 0 Å². The third kappa shape index (κ3) is 8.48. The summed E-state index contributed by atoms with van der Waals surface area (Å²) in [7, 11) is 0. The van der Waals surface area contributed by atoms with Gasteiger partial charge in [0, 0.05) is 0 Å². The first-order valence-electron chi connectivity index (χ1n) is 13.1. The summed E-state index contributed by atoms with van der Waals surface area (Å²) in [6.07, 6.45) is -23.5. The number of nitrogens with zero attached hydrogens (tertiary/aromatic N) is 3. The first-order chi connectivity index (χ1) is 25.7.